The summed E-state index contributed by atoms with van der Waals surface area (Å²) in [5.74, 6) is 2.60. The second-order valence-corrected chi connectivity index (χ2v) is 13.0. The first kappa shape index (κ1) is 33.7. The zero-order valence-corrected chi connectivity index (χ0v) is 28.3. The Labute approximate surface area is 277 Å². The van der Waals surface area contributed by atoms with Gasteiger partial charge in [-0.1, -0.05) is 47.2 Å². The van der Waals surface area contributed by atoms with E-state index in [2.05, 4.69) is 77.7 Å². The quantitative estimate of drug-likeness (QED) is 0.0480. The molecule has 0 unspecified atom stereocenters. The van der Waals surface area contributed by atoms with Gasteiger partial charge in [-0.05, 0) is 93.3 Å². The first-order valence-corrected chi connectivity index (χ1v) is 16.7. The van der Waals surface area contributed by atoms with Crippen molar-refractivity contribution < 1.29 is 14.2 Å². The summed E-state index contributed by atoms with van der Waals surface area (Å²) in [6.45, 7) is 13.4. The third kappa shape index (κ3) is 7.82. The molecule has 2 aliphatic rings. The Morgan fingerprint density at radius 2 is 1.91 bits per heavy atom. The fourth-order valence-electron chi connectivity index (χ4n) is 6.42. The molecular formula is C36H47ClN6O3. The standard InChI is InChI=1S/C36H47ClN6O3/c1-5-44-33-22-34(30(37)21-25(33)23-40-17-15-35(38)41-42-39)46-32-14-13-28-27(10-6-11-29(28)32)26-9-7-12-31(24(26)2)45-20-8-18-43-19-16-36(43,3)4/h6-7,9-12,21-22,32,40H,5,8,13-20,23H2,1-4H3,(H3,38,39,41)/t32-/m0/s1. The molecular weight excluding hydrogens is 600 g/mol. The van der Waals surface area contributed by atoms with Crippen LogP contribution in [0.4, 0.5) is 0 Å². The summed E-state index contributed by atoms with van der Waals surface area (Å²) in [6.07, 6.45) is 4.45. The SMILES string of the molecule is CCOc1cc(O[C@H]2CCc3c(-c4cccc(OCCCN5CCC5(C)C)c4C)cccc32)c(Cl)cc1CNCC/C(N)=N/N=N. The van der Waals surface area contributed by atoms with E-state index in [4.69, 9.17) is 37.1 Å². The van der Waals surface area contributed by atoms with Gasteiger partial charge in [-0.15, -0.1) is 5.10 Å². The van der Waals surface area contributed by atoms with Crippen molar-refractivity contribution in [1.82, 2.24) is 10.2 Å². The van der Waals surface area contributed by atoms with Crippen LogP contribution >= 0.6 is 11.6 Å². The van der Waals surface area contributed by atoms with Crippen molar-refractivity contribution in [2.75, 3.05) is 32.8 Å². The van der Waals surface area contributed by atoms with Crippen LogP contribution in [0.1, 0.15) is 74.8 Å². The smallest absolute Gasteiger partial charge is 0.142 e. The number of nitrogens with two attached hydrogens (primary N) is 1. The molecule has 3 aromatic carbocycles. The topological polar surface area (TPSA) is 118 Å². The van der Waals surface area contributed by atoms with Crippen molar-refractivity contribution in [3.8, 4) is 28.4 Å². The number of likely N-dealkylation sites (tertiary alicyclic amines) is 1. The number of amidine groups is 1. The molecule has 1 aliphatic carbocycles. The molecule has 1 fully saturated rings. The van der Waals surface area contributed by atoms with Gasteiger partial charge in [0.2, 0.25) is 0 Å². The van der Waals surface area contributed by atoms with Gasteiger partial charge in [-0.3, -0.25) is 4.90 Å². The molecule has 0 aromatic heterocycles. The number of nitrogens with zero attached hydrogens (tertiary/aromatic N) is 3. The van der Waals surface area contributed by atoms with Crippen molar-refractivity contribution in [3.05, 3.63) is 75.8 Å². The second kappa shape index (κ2) is 15.3. The number of nitrogens with one attached hydrogen (secondary N) is 2. The van der Waals surface area contributed by atoms with Crippen LogP contribution in [-0.4, -0.2) is 49.1 Å². The molecule has 1 heterocycles. The Hall–Kier alpha value is -3.66. The minimum Gasteiger partial charge on any atom is -0.493 e. The Bertz CT molecular complexity index is 1560. The molecule has 1 saturated heterocycles. The number of ether oxygens (including phenoxy) is 3. The number of hydrogen-bond acceptors (Lipinski definition) is 7. The predicted octanol–water partition coefficient (Wildman–Crippen LogP) is 7.82. The Kier molecular flexibility index (Phi) is 11.2. The fraction of sp³-hybridized carbons (Fsp3) is 0.472. The highest BCUT2D eigenvalue weighted by Crippen LogP contribution is 2.44. The average molecular weight is 647 g/mol. The Morgan fingerprint density at radius 3 is 2.65 bits per heavy atom. The van der Waals surface area contributed by atoms with Gasteiger partial charge < -0.3 is 25.3 Å². The van der Waals surface area contributed by atoms with Gasteiger partial charge in [-0.25, -0.2) is 0 Å². The Morgan fingerprint density at radius 1 is 1.11 bits per heavy atom. The number of hydrogen-bond donors (Lipinski definition) is 3. The van der Waals surface area contributed by atoms with E-state index in [1.807, 2.05) is 19.1 Å². The lowest BCUT2D eigenvalue weighted by molar-refractivity contribution is 0.0123. The van der Waals surface area contributed by atoms with Crippen molar-refractivity contribution in [2.24, 2.45) is 16.1 Å². The molecule has 5 rings (SSSR count). The third-order valence-corrected chi connectivity index (χ3v) is 9.50. The van der Waals surface area contributed by atoms with Crippen LogP contribution in [-0.2, 0) is 13.0 Å². The molecule has 1 aliphatic heterocycles. The van der Waals surface area contributed by atoms with Crippen LogP contribution in [0.3, 0.4) is 0 Å². The second-order valence-electron chi connectivity index (χ2n) is 12.6. The van der Waals surface area contributed by atoms with E-state index in [0.29, 0.717) is 54.9 Å². The Balaban J connectivity index is 1.27. The number of halogens is 1. The molecule has 3 aromatic rings. The van der Waals surface area contributed by atoms with Gasteiger partial charge in [0.15, 0.2) is 0 Å². The van der Waals surface area contributed by atoms with Crippen LogP contribution in [0, 0.1) is 12.5 Å². The van der Waals surface area contributed by atoms with Crippen LogP contribution in [0.25, 0.3) is 11.1 Å². The molecule has 246 valence electrons. The molecule has 0 radical (unpaired) electrons. The van der Waals surface area contributed by atoms with E-state index >= 15 is 0 Å². The predicted molar refractivity (Wildman–Crippen MR) is 184 cm³/mol. The van der Waals surface area contributed by atoms with Crippen molar-refractivity contribution in [3.63, 3.8) is 0 Å². The van der Waals surface area contributed by atoms with E-state index in [9.17, 15) is 0 Å². The molecule has 10 heteroatoms. The number of benzene rings is 3. The molecule has 1 atom stereocenters. The summed E-state index contributed by atoms with van der Waals surface area (Å²) in [6, 6.07) is 16.7. The molecule has 0 saturated carbocycles. The van der Waals surface area contributed by atoms with E-state index in [1.54, 1.807) is 0 Å². The minimum atomic E-state index is -0.110. The van der Waals surface area contributed by atoms with Gasteiger partial charge in [0.25, 0.3) is 0 Å². The highest BCUT2D eigenvalue weighted by molar-refractivity contribution is 6.32. The van der Waals surface area contributed by atoms with Crippen molar-refractivity contribution in [2.45, 2.75) is 78.0 Å². The number of rotatable bonds is 16. The number of fused-ring (bicyclic) bond motifs is 1. The summed E-state index contributed by atoms with van der Waals surface area (Å²) in [5.41, 5.74) is 19.9. The summed E-state index contributed by atoms with van der Waals surface area (Å²) in [4.78, 5) is 2.54. The highest BCUT2D eigenvalue weighted by atomic mass is 35.5. The lowest BCUT2D eigenvalue weighted by Crippen LogP contribution is -2.55. The van der Waals surface area contributed by atoms with Gasteiger partial charge in [0, 0.05) is 49.8 Å². The van der Waals surface area contributed by atoms with Gasteiger partial charge in [0.05, 0.1) is 18.2 Å². The first-order chi connectivity index (χ1) is 22.2. The van der Waals surface area contributed by atoms with E-state index in [1.165, 1.54) is 40.8 Å². The zero-order valence-electron chi connectivity index (χ0n) is 27.5. The van der Waals surface area contributed by atoms with Crippen LogP contribution in [0.15, 0.2) is 58.9 Å². The molecule has 0 spiro atoms. The summed E-state index contributed by atoms with van der Waals surface area (Å²) < 4.78 is 18.9. The van der Waals surface area contributed by atoms with Gasteiger partial charge in [0.1, 0.15) is 29.2 Å². The van der Waals surface area contributed by atoms with Gasteiger partial charge in [-0.2, -0.15) is 5.53 Å². The normalized spacial score (nSPS) is 17.3. The minimum absolute atomic E-state index is 0.110. The maximum atomic E-state index is 6.79. The lowest BCUT2D eigenvalue weighted by Gasteiger charge is -2.48. The molecule has 9 nitrogen and oxygen atoms in total. The molecule has 4 N–H and O–H groups in total. The summed E-state index contributed by atoms with van der Waals surface area (Å²) in [5, 5.41) is 10.4. The van der Waals surface area contributed by atoms with E-state index in [0.717, 1.165) is 42.9 Å². The lowest BCUT2D eigenvalue weighted by atomic mass is 9.89. The largest absolute Gasteiger partial charge is 0.493 e. The third-order valence-electron chi connectivity index (χ3n) is 9.21. The van der Waals surface area contributed by atoms with E-state index < -0.39 is 0 Å². The van der Waals surface area contributed by atoms with Crippen molar-refractivity contribution in [1.29, 1.82) is 5.53 Å². The van der Waals surface area contributed by atoms with Crippen molar-refractivity contribution >= 4 is 17.4 Å². The molecule has 46 heavy (non-hydrogen) atoms. The summed E-state index contributed by atoms with van der Waals surface area (Å²) >= 11 is 6.77. The fourth-order valence-corrected chi connectivity index (χ4v) is 6.65. The average Bonchev–Trinajstić information content (AvgIpc) is 3.44. The monoisotopic (exact) mass is 646 g/mol. The zero-order chi connectivity index (χ0) is 32.7. The van der Waals surface area contributed by atoms with Crippen LogP contribution in [0.2, 0.25) is 5.02 Å². The maximum absolute atomic E-state index is 6.79. The summed E-state index contributed by atoms with van der Waals surface area (Å²) in [7, 11) is 0. The van der Waals surface area contributed by atoms with Crippen LogP contribution < -0.4 is 25.3 Å². The van der Waals surface area contributed by atoms with Gasteiger partial charge >= 0.3 is 0 Å². The molecule has 0 amide bonds. The molecule has 0 bridgehead atoms. The first-order valence-electron chi connectivity index (χ1n) is 16.3. The van der Waals surface area contributed by atoms with Crippen LogP contribution in [0.5, 0.6) is 17.2 Å². The van der Waals surface area contributed by atoms with E-state index in [-0.39, 0.29) is 6.10 Å². The highest BCUT2D eigenvalue weighted by Gasteiger charge is 2.34. The maximum Gasteiger partial charge on any atom is 0.142 e.